The normalized spacial score (nSPS) is 10.1. The number of hydrogen-bond donors (Lipinski definition) is 1. The molecule has 2 aromatic rings. The van der Waals surface area contributed by atoms with Gasteiger partial charge in [-0.2, -0.15) is 10.4 Å². The van der Waals surface area contributed by atoms with Gasteiger partial charge in [0.25, 0.3) is 0 Å². The molecule has 1 aromatic heterocycles. The summed E-state index contributed by atoms with van der Waals surface area (Å²) >= 11 is 0. The highest BCUT2D eigenvalue weighted by molar-refractivity contribution is 5.49. The second-order valence-corrected chi connectivity index (χ2v) is 4.15. The summed E-state index contributed by atoms with van der Waals surface area (Å²) in [5.41, 5.74) is 3.85. The second-order valence-electron chi connectivity index (χ2n) is 4.15. The van der Waals surface area contributed by atoms with E-state index in [0.717, 1.165) is 23.5 Å². The van der Waals surface area contributed by atoms with Crippen molar-refractivity contribution in [2.75, 3.05) is 5.32 Å². The number of aromatic nitrogens is 2. The summed E-state index contributed by atoms with van der Waals surface area (Å²) in [6.45, 7) is 2.80. The smallest absolute Gasteiger partial charge is 0.0992 e. The van der Waals surface area contributed by atoms with E-state index in [2.05, 4.69) is 29.5 Å². The van der Waals surface area contributed by atoms with E-state index in [9.17, 15) is 0 Å². The van der Waals surface area contributed by atoms with Crippen molar-refractivity contribution in [1.29, 1.82) is 5.26 Å². The standard InChI is InChI=1S/C14H16N4/c1-3-12-8-14(18(2)17-12)10-16-13-6-4-5-11(7-13)9-15/h4-8,16H,3,10H2,1-2H3. The van der Waals surface area contributed by atoms with Gasteiger partial charge in [0.2, 0.25) is 0 Å². The average Bonchev–Trinajstić information content (AvgIpc) is 2.77. The van der Waals surface area contributed by atoms with Crippen molar-refractivity contribution in [1.82, 2.24) is 9.78 Å². The Morgan fingerprint density at radius 1 is 1.39 bits per heavy atom. The van der Waals surface area contributed by atoms with Crippen molar-refractivity contribution in [2.24, 2.45) is 7.05 Å². The van der Waals surface area contributed by atoms with Crippen LogP contribution in [0.25, 0.3) is 0 Å². The van der Waals surface area contributed by atoms with Gasteiger partial charge in [-0.1, -0.05) is 13.0 Å². The highest BCUT2D eigenvalue weighted by atomic mass is 15.3. The average molecular weight is 240 g/mol. The summed E-state index contributed by atoms with van der Waals surface area (Å²) in [5, 5.41) is 16.5. The van der Waals surface area contributed by atoms with Crippen molar-refractivity contribution >= 4 is 5.69 Å². The first-order valence-corrected chi connectivity index (χ1v) is 5.98. The predicted octanol–water partition coefficient (Wildman–Crippen LogP) is 2.47. The number of nitriles is 1. The van der Waals surface area contributed by atoms with Gasteiger partial charge in [-0.05, 0) is 30.7 Å². The molecule has 0 bridgehead atoms. The third-order valence-corrected chi connectivity index (χ3v) is 2.85. The Bertz CT molecular complexity index is 578. The third-order valence-electron chi connectivity index (χ3n) is 2.85. The Hall–Kier alpha value is -2.28. The van der Waals surface area contributed by atoms with E-state index in [-0.39, 0.29) is 0 Å². The molecule has 4 heteroatoms. The first-order valence-electron chi connectivity index (χ1n) is 5.98. The molecule has 0 amide bonds. The minimum Gasteiger partial charge on any atom is -0.379 e. The fraction of sp³-hybridized carbons (Fsp3) is 0.286. The quantitative estimate of drug-likeness (QED) is 0.893. The fourth-order valence-corrected chi connectivity index (χ4v) is 1.80. The third kappa shape index (κ3) is 2.69. The molecule has 4 nitrogen and oxygen atoms in total. The molecule has 0 aliphatic heterocycles. The van der Waals surface area contributed by atoms with Gasteiger partial charge in [0.05, 0.1) is 29.6 Å². The summed E-state index contributed by atoms with van der Waals surface area (Å²) in [6.07, 6.45) is 0.942. The zero-order chi connectivity index (χ0) is 13.0. The summed E-state index contributed by atoms with van der Waals surface area (Å²) in [7, 11) is 1.95. The summed E-state index contributed by atoms with van der Waals surface area (Å²) < 4.78 is 1.89. The lowest BCUT2D eigenvalue weighted by atomic mass is 10.2. The number of nitrogens with one attached hydrogen (secondary N) is 1. The van der Waals surface area contributed by atoms with Crippen LogP contribution >= 0.6 is 0 Å². The number of benzene rings is 1. The summed E-state index contributed by atoms with van der Waals surface area (Å²) in [5.74, 6) is 0. The van der Waals surface area contributed by atoms with Crippen LogP contribution < -0.4 is 5.32 Å². The second kappa shape index (κ2) is 5.37. The van der Waals surface area contributed by atoms with E-state index < -0.39 is 0 Å². The number of hydrogen-bond acceptors (Lipinski definition) is 3. The van der Waals surface area contributed by atoms with E-state index in [1.807, 2.05) is 29.9 Å². The van der Waals surface area contributed by atoms with Gasteiger partial charge < -0.3 is 5.32 Å². The molecule has 0 fully saturated rings. The van der Waals surface area contributed by atoms with Crippen molar-refractivity contribution < 1.29 is 0 Å². The Balaban J connectivity index is 2.06. The molecular weight excluding hydrogens is 224 g/mol. The van der Waals surface area contributed by atoms with Crippen LogP contribution in [0.2, 0.25) is 0 Å². The molecule has 0 saturated heterocycles. The zero-order valence-corrected chi connectivity index (χ0v) is 10.6. The number of nitrogens with zero attached hydrogens (tertiary/aromatic N) is 3. The zero-order valence-electron chi connectivity index (χ0n) is 10.6. The molecule has 0 saturated carbocycles. The highest BCUT2D eigenvalue weighted by Crippen LogP contribution is 2.12. The molecule has 0 unspecified atom stereocenters. The van der Waals surface area contributed by atoms with Crippen molar-refractivity contribution in [3.8, 4) is 6.07 Å². The monoisotopic (exact) mass is 240 g/mol. The Kier molecular flexibility index (Phi) is 3.63. The lowest BCUT2D eigenvalue weighted by Crippen LogP contribution is -2.05. The van der Waals surface area contributed by atoms with Crippen LogP contribution in [0.1, 0.15) is 23.9 Å². The number of anilines is 1. The Morgan fingerprint density at radius 3 is 2.89 bits per heavy atom. The maximum atomic E-state index is 8.83. The highest BCUT2D eigenvalue weighted by Gasteiger charge is 2.03. The van der Waals surface area contributed by atoms with Crippen LogP contribution in [0.15, 0.2) is 30.3 Å². The van der Waals surface area contributed by atoms with E-state index in [1.54, 1.807) is 6.07 Å². The topological polar surface area (TPSA) is 53.6 Å². The number of rotatable bonds is 4. The van der Waals surface area contributed by atoms with Crippen molar-refractivity contribution in [2.45, 2.75) is 19.9 Å². The molecule has 1 N–H and O–H groups in total. The van der Waals surface area contributed by atoms with Gasteiger partial charge in [-0.25, -0.2) is 0 Å². The maximum absolute atomic E-state index is 8.83. The molecule has 1 heterocycles. The molecule has 18 heavy (non-hydrogen) atoms. The first kappa shape index (κ1) is 12.2. The Morgan fingerprint density at radius 2 is 2.22 bits per heavy atom. The van der Waals surface area contributed by atoms with Crippen LogP contribution in [-0.2, 0) is 20.0 Å². The van der Waals surface area contributed by atoms with Crippen LogP contribution in [0.5, 0.6) is 0 Å². The van der Waals surface area contributed by atoms with Gasteiger partial charge in [0, 0.05) is 12.7 Å². The minimum atomic E-state index is 0.666. The molecule has 92 valence electrons. The molecule has 0 spiro atoms. The SMILES string of the molecule is CCc1cc(CNc2cccc(C#N)c2)n(C)n1. The van der Waals surface area contributed by atoms with Gasteiger partial charge in [-0.3, -0.25) is 4.68 Å². The Labute approximate surface area is 107 Å². The van der Waals surface area contributed by atoms with E-state index in [0.29, 0.717) is 12.1 Å². The molecule has 0 atom stereocenters. The lowest BCUT2D eigenvalue weighted by molar-refractivity contribution is 0.707. The fourth-order valence-electron chi connectivity index (χ4n) is 1.80. The minimum absolute atomic E-state index is 0.666. The molecular formula is C14H16N4. The van der Waals surface area contributed by atoms with Gasteiger partial charge in [0.15, 0.2) is 0 Å². The molecule has 1 aromatic carbocycles. The van der Waals surface area contributed by atoms with Gasteiger partial charge in [0.1, 0.15) is 0 Å². The predicted molar refractivity (Wildman–Crippen MR) is 71.1 cm³/mol. The largest absolute Gasteiger partial charge is 0.379 e. The van der Waals surface area contributed by atoms with Crippen LogP contribution in [-0.4, -0.2) is 9.78 Å². The molecule has 0 aliphatic carbocycles. The maximum Gasteiger partial charge on any atom is 0.0992 e. The van der Waals surface area contributed by atoms with Gasteiger partial charge >= 0.3 is 0 Å². The van der Waals surface area contributed by atoms with Crippen molar-refractivity contribution in [3.63, 3.8) is 0 Å². The van der Waals surface area contributed by atoms with Crippen LogP contribution in [0.3, 0.4) is 0 Å². The molecule has 2 rings (SSSR count). The summed E-state index contributed by atoms with van der Waals surface area (Å²) in [4.78, 5) is 0. The molecule has 0 radical (unpaired) electrons. The first-order chi connectivity index (χ1) is 8.72. The summed E-state index contributed by atoms with van der Waals surface area (Å²) in [6, 6.07) is 11.7. The van der Waals surface area contributed by atoms with Crippen molar-refractivity contribution in [3.05, 3.63) is 47.3 Å². The van der Waals surface area contributed by atoms with E-state index in [4.69, 9.17) is 5.26 Å². The van der Waals surface area contributed by atoms with E-state index >= 15 is 0 Å². The van der Waals surface area contributed by atoms with E-state index in [1.165, 1.54) is 0 Å². The van der Waals surface area contributed by atoms with Gasteiger partial charge in [-0.15, -0.1) is 0 Å². The van der Waals surface area contributed by atoms with Crippen LogP contribution in [0.4, 0.5) is 5.69 Å². The molecule has 0 aliphatic rings. The number of aryl methyl sites for hydroxylation is 2. The lowest BCUT2D eigenvalue weighted by Gasteiger charge is -2.06. The van der Waals surface area contributed by atoms with Crippen LogP contribution in [0, 0.1) is 11.3 Å².